The van der Waals surface area contributed by atoms with Gasteiger partial charge in [0.05, 0.1) is 0 Å². The van der Waals surface area contributed by atoms with Crippen molar-refractivity contribution in [1.29, 1.82) is 0 Å². The van der Waals surface area contributed by atoms with Crippen molar-refractivity contribution >= 4 is 11.8 Å². The van der Waals surface area contributed by atoms with Gasteiger partial charge in [0, 0.05) is 29.4 Å². The number of fused-ring (bicyclic) bond motifs is 2. The molecule has 3 aliphatic rings. The Morgan fingerprint density at radius 2 is 1.67 bits per heavy atom. The van der Waals surface area contributed by atoms with Crippen LogP contribution < -0.4 is 5.32 Å². The molecular weight excluding hydrogens is 240 g/mol. The molecule has 0 aromatic carbocycles. The molecule has 3 fully saturated rings. The summed E-state index contributed by atoms with van der Waals surface area (Å²) in [6.45, 7) is 0. The third-order valence-electron chi connectivity index (χ3n) is 5.54. The van der Waals surface area contributed by atoms with Gasteiger partial charge in [-0.3, -0.25) is 4.90 Å². The van der Waals surface area contributed by atoms with Crippen molar-refractivity contribution in [3.05, 3.63) is 0 Å². The number of nitrogens with zero attached hydrogens (tertiary/aromatic N) is 1. The number of piperidine rings is 2. The van der Waals surface area contributed by atoms with Crippen LogP contribution >= 0.6 is 11.8 Å². The van der Waals surface area contributed by atoms with Crippen molar-refractivity contribution in [2.45, 2.75) is 80.8 Å². The Labute approximate surface area is 116 Å². The second-order valence-electron chi connectivity index (χ2n) is 6.42. The average Bonchev–Trinajstić information content (AvgIpc) is 2.85. The van der Waals surface area contributed by atoms with E-state index in [4.69, 9.17) is 0 Å². The van der Waals surface area contributed by atoms with Gasteiger partial charge >= 0.3 is 0 Å². The molecule has 2 nitrogen and oxygen atoms in total. The molecule has 3 heteroatoms. The Morgan fingerprint density at radius 3 is 2.28 bits per heavy atom. The molecular formula is C15H28N2S. The van der Waals surface area contributed by atoms with Crippen LogP contribution in [-0.2, 0) is 0 Å². The van der Waals surface area contributed by atoms with Gasteiger partial charge in [0.2, 0.25) is 0 Å². The van der Waals surface area contributed by atoms with Crippen LogP contribution in [0.4, 0.5) is 0 Å². The molecule has 1 saturated carbocycles. The first kappa shape index (κ1) is 13.3. The molecule has 0 amide bonds. The quantitative estimate of drug-likeness (QED) is 0.847. The first-order valence-corrected chi connectivity index (χ1v) is 9.09. The van der Waals surface area contributed by atoms with Crippen molar-refractivity contribution in [2.24, 2.45) is 0 Å². The lowest BCUT2D eigenvalue weighted by molar-refractivity contribution is -0.00610. The predicted octanol–water partition coefficient (Wildman–Crippen LogP) is 2.88. The van der Waals surface area contributed by atoms with E-state index in [1.54, 1.807) is 0 Å². The zero-order valence-electron chi connectivity index (χ0n) is 11.9. The van der Waals surface area contributed by atoms with Crippen molar-refractivity contribution in [2.75, 3.05) is 13.3 Å². The minimum atomic E-state index is 0.783. The van der Waals surface area contributed by atoms with E-state index in [0.29, 0.717) is 0 Å². The van der Waals surface area contributed by atoms with E-state index in [1.165, 1.54) is 51.4 Å². The van der Waals surface area contributed by atoms with Gasteiger partial charge in [-0.1, -0.05) is 12.8 Å². The maximum atomic E-state index is 3.54. The SMILES string of the molecule is CNC1CC2CCCC(C1)N2C1CCCC1SC. The molecule has 4 unspecified atom stereocenters. The lowest BCUT2D eigenvalue weighted by atomic mass is 9.80. The van der Waals surface area contributed by atoms with Gasteiger partial charge in [-0.25, -0.2) is 0 Å². The van der Waals surface area contributed by atoms with E-state index in [-0.39, 0.29) is 0 Å². The molecule has 2 bridgehead atoms. The molecule has 0 spiro atoms. The molecule has 18 heavy (non-hydrogen) atoms. The highest BCUT2D eigenvalue weighted by Crippen LogP contribution is 2.42. The van der Waals surface area contributed by atoms with Crippen molar-refractivity contribution in [3.63, 3.8) is 0 Å². The Balaban J connectivity index is 1.75. The number of hydrogen-bond acceptors (Lipinski definition) is 3. The summed E-state index contributed by atoms with van der Waals surface area (Å²) >= 11 is 2.12. The van der Waals surface area contributed by atoms with Gasteiger partial charge in [-0.15, -0.1) is 0 Å². The smallest absolute Gasteiger partial charge is 0.0220 e. The molecule has 2 saturated heterocycles. The van der Waals surface area contributed by atoms with Gasteiger partial charge in [-0.2, -0.15) is 11.8 Å². The van der Waals surface area contributed by atoms with Gasteiger partial charge < -0.3 is 5.32 Å². The van der Waals surface area contributed by atoms with Crippen molar-refractivity contribution in [3.8, 4) is 0 Å². The van der Waals surface area contributed by atoms with E-state index in [2.05, 4.69) is 35.3 Å². The summed E-state index contributed by atoms with van der Waals surface area (Å²) in [5, 5.41) is 4.45. The average molecular weight is 268 g/mol. The zero-order valence-corrected chi connectivity index (χ0v) is 12.7. The molecule has 0 aromatic rings. The summed E-state index contributed by atoms with van der Waals surface area (Å²) in [5.41, 5.74) is 0. The number of hydrogen-bond donors (Lipinski definition) is 1. The first-order chi connectivity index (χ1) is 8.83. The zero-order chi connectivity index (χ0) is 12.5. The summed E-state index contributed by atoms with van der Waals surface area (Å²) in [6.07, 6.45) is 13.9. The van der Waals surface area contributed by atoms with E-state index >= 15 is 0 Å². The fraction of sp³-hybridized carbons (Fsp3) is 1.00. The van der Waals surface area contributed by atoms with Crippen LogP contribution in [-0.4, -0.2) is 47.6 Å². The lowest BCUT2D eigenvalue weighted by Crippen LogP contribution is -2.60. The number of thioether (sulfide) groups is 1. The van der Waals surface area contributed by atoms with Gasteiger partial charge in [0.15, 0.2) is 0 Å². The summed E-state index contributed by atoms with van der Waals surface area (Å²) in [4.78, 5) is 2.98. The minimum Gasteiger partial charge on any atom is -0.317 e. The largest absolute Gasteiger partial charge is 0.317 e. The highest BCUT2D eigenvalue weighted by Gasteiger charge is 2.44. The Bertz CT molecular complexity index is 270. The molecule has 2 aliphatic heterocycles. The molecule has 0 radical (unpaired) electrons. The Hall–Kier alpha value is 0.270. The van der Waals surface area contributed by atoms with Crippen LogP contribution in [0, 0.1) is 0 Å². The molecule has 4 atom stereocenters. The van der Waals surface area contributed by atoms with E-state index < -0.39 is 0 Å². The maximum absolute atomic E-state index is 3.54. The third kappa shape index (κ3) is 2.34. The van der Waals surface area contributed by atoms with Crippen LogP contribution in [0.3, 0.4) is 0 Å². The van der Waals surface area contributed by atoms with E-state index in [0.717, 1.165) is 29.4 Å². The second-order valence-corrected chi connectivity index (χ2v) is 7.49. The van der Waals surface area contributed by atoms with Crippen LogP contribution in [0.5, 0.6) is 0 Å². The summed E-state index contributed by atoms with van der Waals surface area (Å²) in [5.74, 6) is 0. The van der Waals surface area contributed by atoms with E-state index in [1.807, 2.05) is 0 Å². The summed E-state index contributed by atoms with van der Waals surface area (Å²) < 4.78 is 0. The normalized spacial score (nSPS) is 45.3. The summed E-state index contributed by atoms with van der Waals surface area (Å²) in [7, 11) is 2.15. The molecule has 0 aromatic heterocycles. The molecule has 3 rings (SSSR count). The fourth-order valence-electron chi connectivity index (χ4n) is 4.72. The minimum absolute atomic E-state index is 0.783. The van der Waals surface area contributed by atoms with Crippen LogP contribution in [0.2, 0.25) is 0 Å². The first-order valence-electron chi connectivity index (χ1n) is 7.81. The van der Waals surface area contributed by atoms with E-state index in [9.17, 15) is 0 Å². The van der Waals surface area contributed by atoms with Gasteiger partial charge in [0.25, 0.3) is 0 Å². The van der Waals surface area contributed by atoms with Gasteiger partial charge in [0.1, 0.15) is 0 Å². The fourth-order valence-corrected chi connectivity index (χ4v) is 5.71. The Kier molecular flexibility index (Phi) is 4.21. The van der Waals surface area contributed by atoms with Crippen LogP contribution in [0.15, 0.2) is 0 Å². The maximum Gasteiger partial charge on any atom is 0.0220 e. The standard InChI is InChI=1S/C15H28N2S/c1-16-11-9-12-5-3-6-13(10-11)17(12)14-7-4-8-15(14)18-2/h11-16H,3-10H2,1-2H3. The van der Waals surface area contributed by atoms with Crippen LogP contribution in [0.25, 0.3) is 0 Å². The van der Waals surface area contributed by atoms with Crippen molar-refractivity contribution in [1.82, 2.24) is 10.2 Å². The second kappa shape index (κ2) is 5.72. The molecule has 1 N–H and O–H groups in total. The monoisotopic (exact) mass is 268 g/mol. The predicted molar refractivity (Wildman–Crippen MR) is 80.3 cm³/mol. The highest BCUT2D eigenvalue weighted by molar-refractivity contribution is 7.99. The van der Waals surface area contributed by atoms with Crippen molar-refractivity contribution < 1.29 is 0 Å². The molecule has 104 valence electrons. The third-order valence-corrected chi connectivity index (χ3v) is 6.70. The summed E-state index contributed by atoms with van der Waals surface area (Å²) in [6, 6.07) is 3.44. The highest BCUT2D eigenvalue weighted by atomic mass is 32.2. The number of rotatable bonds is 3. The number of nitrogens with one attached hydrogen (secondary N) is 1. The topological polar surface area (TPSA) is 15.3 Å². The molecule has 2 heterocycles. The van der Waals surface area contributed by atoms with Gasteiger partial charge in [-0.05, 0) is 51.8 Å². The van der Waals surface area contributed by atoms with Crippen LogP contribution in [0.1, 0.15) is 51.4 Å². The Morgan fingerprint density at radius 1 is 1.00 bits per heavy atom. The molecule has 1 aliphatic carbocycles. The lowest BCUT2D eigenvalue weighted by Gasteiger charge is -2.52.